The zero-order chi connectivity index (χ0) is 15.5. The number of nitrogens with one attached hydrogen (secondary N) is 1. The summed E-state index contributed by atoms with van der Waals surface area (Å²) in [4.78, 5) is 9.51. The van der Waals surface area contributed by atoms with Crippen molar-refractivity contribution < 1.29 is 4.74 Å². The molecule has 1 saturated heterocycles. The first-order chi connectivity index (χ1) is 9.87. The summed E-state index contributed by atoms with van der Waals surface area (Å²) in [6.45, 7) is 13.4. The van der Waals surface area contributed by atoms with Gasteiger partial charge >= 0.3 is 0 Å². The zero-order valence-corrected chi connectivity index (χ0v) is 14.1. The van der Waals surface area contributed by atoms with Gasteiger partial charge in [0.05, 0.1) is 6.61 Å². The van der Waals surface area contributed by atoms with Gasteiger partial charge in [-0.25, -0.2) is 9.97 Å². The lowest BCUT2D eigenvalue weighted by atomic mass is 10.00. The molecule has 4 nitrogen and oxygen atoms in total. The molecule has 1 aliphatic heterocycles. The van der Waals surface area contributed by atoms with Gasteiger partial charge in [0.15, 0.2) is 0 Å². The summed E-state index contributed by atoms with van der Waals surface area (Å²) in [5.41, 5.74) is 3.69. The number of nitrogens with zero attached hydrogens (tertiary/aromatic N) is 2. The van der Waals surface area contributed by atoms with Gasteiger partial charge in [0.1, 0.15) is 5.82 Å². The standard InChI is InChI=1S/C17H29N3O/c1-12-15(8-9-18-17(3,4)5)13(2)20-16(19-12)14-7-6-10-21-11-14/h14,18H,6-11H2,1-5H3. The predicted octanol–water partition coefficient (Wildman–Crippen LogP) is 2.92. The highest BCUT2D eigenvalue weighted by atomic mass is 16.5. The van der Waals surface area contributed by atoms with Crippen LogP contribution in [0.15, 0.2) is 0 Å². The van der Waals surface area contributed by atoms with Crippen LogP contribution < -0.4 is 5.32 Å². The van der Waals surface area contributed by atoms with Gasteiger partial charge in [0, 0.05) is 29.5 Å². The van der Waals surface area contributed by atoms with Crippen LogP contribution in [-0.2, 0) is 11.2 Å². The Hall–Kier alpha value is -1.00. The first-order valence-corrected chi connectivity index (χ1v) is 8.03. The van der Waals surface area contributed by atoms with E-state index < -0.39 is 0 Å². The molecule has 0 saturated carbocycles. The molecule has 1 unspecified atom stereocenters. The Kier molecular flexibility index (Phi) is 5.33. The Labute approximate surface area is 128 Å². The summed E-state index contributed by atoms with van der Waals surface area (Å²) in [6, 6.07) is 0. The maximum Gasteiger partial charge on any atom is 0.134 e. The highest BCUT2D eigenvalue weighted by molar-refractivity contribution is 5.25. The van der Waals surface area contributed by atoms with Crippen LogP contribution in [0, 0.1) is 13.8 Å². The largest absolute Gasteiger partial charge is 0.381 e. The Morgan fingerprint density at radius 2 is 1.86 bits per heavy atom. The van der Waals surface area contributed by atoms with Crippen molar-refractivity contribution in [3.63, 3.8) is 0 Å². The average Bonchev–Trinajstić information content (AvgIpc) is 2.41. The molecular formula is C17H29N3O. The molecule has 0 radical (unpaired) electrons. The third kappa shape index (κ3) is 4.75. The second-order valence-corrected chi connectivity index (χ2v) is 7.07. The molecule has 2 rings (SSSR count). The van der Waals surface area contributed by atoms with Crippen LogP contribution in [0.4, 0.5) is 0 Å². The molecular weight excluding hydrogens is 262 g/mol. The van der Waals surface area contributed by atoms with E-state index in [1.54, 1.807) is 0 Å². The van der Waals surface area contributed by atoms with Gasteiger partial charge < -0.3 is 10.1 Å². The monoisotopic (exact) mass is 291 g/mol. The molecule has 1 fully saturated rings. The summed E-state index contributed by atoms with van der Waals surface area (Å²) in [5.74, 6) is 1.34. The van der Waals surface area contributed by atoms with E-state index in [4.69, 9.17) is 14.7 Å². The van der Waals surface area contributed by atoms with E-state index in [-0.39, 0.29) is 5.54 Å². The quantitative estimate of drug-likeness (QED) is 0.926. The molecule has 0 amide bonds. The zero-order valence-electron chi connectivity index (χ0n) is 14.1. The smallest absolute Gasteiger partial charge is 0.134 e. The fourth-order valence-electron chi connectivity index (χ4n) is 2.82. The molecule has 1 N–H and O–H groups in total. The fourth-order valence-corrected chi connectivity index (χ4v) is 2.82. The normalized spacial score (nSPS) is 19.8. The summed E-state index contributed by atoms with van der Waals surface area (Å²) in [6.07, 6.45) is 3.24. The Bertz CT molecular complexity index is 450. The summed E-state index contributed by atoms with van der Waals surface area (Å²) >= 11 is 0. The fraction of sp³-hybridized carbons (Fsp3) is 0.765. The Balaban J connectivity index is 2.06. The van der Waals surface area contributed by atoms with Gasteiger partial charge in [-0.15, -0.1) is 0 Å². The van der Waals surface area contributed by atoms with E-state index >= 15 is 0 Å². The van der Waals surface area contributed by atoms with Gasteiger partial charge in [0.2, 0.25) is 0 Å². The van der Waals surface area contributed by atoms with E-state index in [1.165, 1.54) is 5.56 Å². The Morgan fingerprint density at radius 3 is 2.38 bits per heavy atom. The van der Waals surface area contributed by atoms with Crippen LogP contribution in [0.25, 0.3) is 0 Å². The second-order valence-electron chi connectivity index (χ2n) is 7.07. The first kappa shape index (κ1) is 16.4. The first-order valence-electron chi connectivity index (χ1n) is 8.03. The number of hydrogen-bond donors (Lipinski definition) is 1. The number of aromatic nitrogens is 2. The minimum atomic E-state index is 0.155. The van der Waals surface area contributed by atoms with Crippen molar-refractivity contribution >= 4 is 0 Å². The van der Waals surface area contributed by atoms with E-state index in [0.29, 0.717) is 5.92 Å². The highest BCUT2D eigenvalue weighted by Crippen LogP contribution is 2.24. The minimum Gasteiger partial charge on any atom is -0.381 e. The van der Waals surface area contributed by atoms with E-state index in [9.17, 15) is 0 Å². The molecule has 1 atom stereocenters. The molecule has 118 valence electrons. The summed E-state index contributed by atoms with van der Waals surface area (Å²) in [5, 5.41) is 3.53. The van der Waals surface area contributed by atoms with Gasteiger partial charge in [0.25, 0.3) is 0 Å². The van der Waals surface area contributed by atoms with Gasteiger partial charge in [-0.3, -0.25) is 0 Å². The average molecular weight is 291 g/mol. The van der Waals surface area contributed by atoms with Crippen molar-refractivity contribution in [3.05, 3.63) is 22.8 Å². The van der Waals surface area contributed by atoms with Crippen LogP contribution in [0.1, 0.15) is 62.3 Å². The third-order valence-corrected chi connectivity index (χ3v) is 3.99. The van der Waals surface area contributed by atoms with Gasteiger partial charge in [-0.1, -0.05) is 0 Å². The Morgan fingerprint density at radius 1 is 1.19 bits per heavy atom. The molecule has 1 aliphatic rings. The predicted molar refractivity (Wildman–Crippen MR) is 85.8 cm³/mol. The molecule has 4 heteroatoms. The minimum absolute atomic E-state index is 0.155. The van der Waals surface area contributed by atoms with Crippen LogP contribution in [0.2, 0.25) is 0 Å². The summed E-state index contributed by atoms with van der Waals surface area (Å²) < 4.78 is 5.56. The van der Waals surface area contributed by atoms with Crippen LogP contribution in [-0.4, -0.2) is 35.3 Å². The van der Waals surface area contributed by atoms with E-state index in [0.717, 1.165) is 56.2 Å². The SMILES string of the molecule is Cc1nc(C2CCCOC2)nc(C)c1CCNC(C)(C)C. The van der Waals surface area contributed by atoms with Crippen molar-refractivity contribution in [2.24, 2.45) is 0 Å². The van der Waals surface area contributed by atoms with Crippen molar-refractivity contribution in [2.45, 2.75) is 65.3 Å². The topological polar surface area (TPSA) is 47.0 Å². The maximum atomic E-state index is 5.56. The number of rotatable bonds is 4. The lowest BCUT2D eigenvalue weighted by Gasteiger charge is -2.23. The lowest BCUT2D eigenvalue weighted by Crippen LogP contribution is -2.37. The molecule has 1 aromatic rings. The summed E-state index contributed by atoms with van der Waals surface area (Å²) in [7, 11) is 0. The van der Waals surface area contributed by atoms with Gasteiger partial charge in [-0.05, 0) is 66.0 Å². The van der Waals surface area contributed by atoms with Crippen molar-refractivity contribution in [2.75, 3.05) is 19.8 Å². The van der Waals surface area contributed by atoms with Gasteiger partial charge in [-0.2, -0.15) is 0 Å². The van der Waals surface area contributed by atoms with Crippen LogP contribution in [0.3, 0.4) is 0 Å². The van der Waals surface area contributed by atoms with E-state index in [1.807, 2.05) is 0 Å². The molecule has 0 aromatic carbocycles. The molecule has 1 aromatic heterocycles. The number of aryl methyl sites for hydroxylation is 2. The van der Waals surface area contributed by atoms with Crippen molar-refractivity contribution in [1.82, 2.24) is 15.3 Å². The van der Waals surface area contributed by atoms with Crippen LogP contribution in [0.5, 0.6) is 0 Å². The second kappa shape index (κ2) is 6.84. The molecule has 2 heterocycles. The highest BCUT2D eigenvalue weighted by Gasteiger charge is 2.20. The third-order valence-electron chi connectivity index (χ3n) is 3.99. The molecule has 0 bridgehead atoms. The number of hydrogen-bond acceptors (Lipinski definition) is 4. The maximum absolute atomic E-state index is 5.56. The van der Waals surface area contributed by atoms with Crippen molar-refractivity contribution in [1.29, 1.82) is 0 Å². The molecule has 21 heavy (non-hydrogen) atoms. The molecule has 0 spiro atoms. The van der Waals surface area contributed by atoms with Crippen molar-refractivity contribution in [3.8, 4) is 0 Å². The van der Waals surface area contributed by atoms with E-state index in [2.05, 4.69) is 39.9 Å². The lowest BCUT2D eigenvalue weighted by molar-refractivity contribution is 0.0779. The van der Waals surface area contributed by atoms with Crippen LogP contribution >= 0.6 is 0 Å². The molecule has 0 aliphatic carbocycles. The number of ether oxygens (including phenoxy) is 1.